The van der Waals surface area contributed by atoms with E-state index >= 15 is 0 Å². The second-order valence-corrected chi connectivity index (χ2v) is 4.98. The van der Waals surface area contributed by atoms with Crippen LogP contribution in [0.2, 0.25) is 0 Å². The van der Waals surface area contributed by atoms with E-state index < -0.39 is 29.2 Å². The molecule has 6 nitrogen and oxygen atoms in total. The summed E-state index contributed by atoms with van der Waals surface area (Å²) in [5, 5.41) is 2.46. The zero-order chi connectivity index (χ0) is 15.3. The van der Waals surface area contributed by atoms with Gasteiger partial charge in [-0.15, -0.1) is 0 Å². The highest BCUT2D eigenvalue weighted by molar-refractivity contribution is 5.87. The van der Waals surface area contributed by atoms with Gasteiger partial charge in [0.05, 0.1) is 19.3 Å². The van der Waals surface area contributed by atoms with Crippen LogP contribution >= 0.6 is 0 Å². The van der Waals surface area contributed by atoms with Crippen molar-refractivity contribution >= 4 is 12.1 Å². The number of pyridine rings is 1. The highest BCUT2D eigenvalue weighted by Crippen LogP contribution is 2.09. The molecule has 1 aromatic rings. The number of halogens is 1. The lowest BCUT2D eigenvalue weighted by atomic mass is 10.2. The van der Waals surface area contributed by atoms with E-state index in [9.17, 15) is 14.0 Å². The third kappa shape index (κ3) is 4.83. The monoisotopic (exact) mass is 284 g/mol. The van der Waals surface area contributed by atoms with Crippen molar-refractivity contribution in [2.24, 2.45) is 0 Å². The van der Waals surface area contributed by atoms with Crippen LogP contribution in [0.4, 0.5) is 9.18 Å². The molecule has 0 unspecified atom stereocenters. The Morgan fingerprint density at radius 3 is 2.55 bits per heavy atom. The number of hydrogen-bond acceptors (Lipinski definition) is 5. The first-order valence-corrected chi connectivity index (χ1v) is 5.93. The first-order chi connectivity index (χ1) is 9.23. The van der Waals surface area contributed by atoms with Crippen LogP contribution in [-0.4, -0.2) is 29.8 Å². The Kier molecular flexibility index (Phi) is 5.01. The molecule has 0 bridgehead atoms. The Labute approximate surface area is 116 Å². The summed E-state index contributed by atoms with van der Waals surface area (Å²) in [5.41, 5.74) is -0.717. The van der Waals surface area contributed by atoms with Gasteiger partial charge in [-0.3, -0.25) is 0 Å². The third-order valence-electron chi connectivity index (χ3n) is 2.10. The molecule has 110 valence electrons. The number of esters is 1. The van der Waals surface area contributed by atoms with Gasteiger partial charge in [0.1, 0.15) is 5.60 Å². The van der Waals surface area contributed by atoms with Gasteiger partial charge in [0.2, 0.25) is 0 Å². The van der Waals surface area contributed by atoms with Crippen molar-refractivity contribution in [3.05, 3.63) is 29.3 Å². The van der Waals surface area contributed by atoms with Gasteiger partial charge < -0.3 is 14.8 Å². The second kappa shape index (κ2) is 6.31. The number of aromatic nitrogens is 1. The molecule has 0 radical (unpaired) electrons. The molecule has 1 heterocycles. The molecule has 0 saturated heterocycles. The van der Waals surface area contributed by atoms with Crippen molar-refractivity contribution in [3.8, 4) is 0 Å². The maximum atomic E-state index is 13.4. The third-order valence-corrected chi connectivity index (χ3v) is 2.10. The highest BCUT2D eigenvalue weighted by atomic mass is 19.1. The largest absolute Gasteiger partial charge is 0.464 e. The molecule has 0 fully saturated rings. The molecular formula is C13H17FN2O4. The van der Waals surface area contributed by atoms with E-state index in [1.54, 1.807) is 20.8 Å². The zero-order valence-corrected chi connectivity index (χ0v) is 11.8. The van der Waals surface area contributed by atoms with E-state index in [1.807, 2.05) is 0 Å². The summed E-state index contributed by atoms with van der Waals surface area (Å²) in [6, 6.07) is 2.45. The fraction of sp³-hybridized carbons (Fsp3) is 0.462. The standard InChI is InChI=1S/C13H17FN2O4/c1-13(2,3)20-12(18)15-7-8-5-6-9(14)10(16-8)11(17)19-4/h5-6H,7H2,1-4H3,(H,15,18). The Hall–Kier alpha value is -2.18. The quantitative estimate of drug-likeness (QED) is 0.859. The van der Waals surface area contributed by atoms with Crippen molar-refractivity contribution in [1.29, 1.82) is 0 Å². The van der Waals surface area contributed by atoms with Gasteiger partial charge in [-0.1, -0.05) is 0 Å². The summed E-state index contributed by atoms with van der Waals surface area (Å²) >= 11 is 0. The molecular weight excluding hydrogens is 267 g/mol. The Morgan fingerprint density at radius 2 is 2.00 bits per heavy atom. The normalized spacial score (nSPS) is 10.8. The van der Waals surface area contributed by atoms with Crippen molar-refractivity contribution in [1.82, 2.24) is 10.3 Å². The van der Waals surface area contributed by atoms with Crippen molar-refractivity contribution in [3.63, 3.8) is 0 Å². The Balaban J connectivity index is 2.70. The smallest absolute Gasteiger partial charge is 0.407 e. The number of amides is 1. The van der Waals surface area contributed by atoms with Crippen LogP contribution in [0.15, 0.2) is 12.1 Å². The topological polar surface area (TPSA) is 77.5 Å². The van der Waals surface area contributed by atoms with Crippen LogP contribution in [0.25, 0.3) is 0 Å². The van der Waals surface area contributed by atoms with Gasteiger partial charge in [0.25, 0.3) is 0 Å². The minimum Gasteiger partial charge on any atom is -0.464 e. The van der Waals surface area contributed by atoms with E-state index in [4.69, 9.17) is 4.74 Å². The summed E-state index contributed by atoms with van der Waals surface area (Å²) in [7, 11) is 1.13. The molecule has 7 heteroatoms. The maximum Gasteiger partial charge on any atom is 0.407 e. The molecule has 0 saturated carbocycles. The lowest BCUT2D eigenvalue weighted by Gasteiger charge is -2.19. The minimum atomic E-state index is -0.874. The molecule has 0 aliphatic heterocycles. The molecule has 1 N–H and O–H groups in total. The van der Waals surface area contributed by atoms with Crippen LogP contribution in [0, 0.1) is 5.82 Å². The fourth-order valence-electron chi connectivity index (χ4n) is 1.30. The average Bonchev–Trinajstić information content (AvgIpc) is 2.35. The van der Waals surface area contributed by atoms with Gasteiger partial charge >= 0.3 is 12.1 Å². The molecule has 0 aliphatic rings. The number of rotatable bonds is 3. The van der Waals surface area contributed by atoms with E-state index in [2.05, 4.69) is 15.0 Å². The van der Waals surface area contributed by atoms with Crippen LogP contribution in [-0.2, 0) is 16.0 Å². The van der Waals surface area contributed by atoms with Gasteiger partial charge in [-0.25, -0.2) is 19.0 Å². The summed E-state index contributed by atoms with van der Waals surface area (Å²) in [5.74, 6) is -1.65. The zero-order valence-electron chi connectivity index (χ0n) is 11.8. The van der Waals surface area contributed by atoms with Gasteiger partial charge in [-0.05, 0) is 32.9 Å². The van der Waals surface area contributed by atoms with Crippen LogP contribution < -0.4 is 5.32 Å². The number of ether oxygens (including phenoxy) is 2. The van der Waals surface area contributed by atoms with E-state index in [0.717, 1.165) is 13.2 Å². The first kappa shape index (κ1) is 15.9. The Morgan fingerprint density at radius 1 is 1.35 bits per heavy atom. The minimum absolute atomic E-state index is 0.0131. The Bertz CT molecular complexity index is 512. The lowest BCUT2D eigenvalue weighted by Crippen LogP contribution is -2.32. The predicted molar refractivity (Wildman–Crippen MR) is 68.6 cm³/mol. The van der Waals surface area contributed by atoms with Crippen molar-refractivity contribution in [2.75, 3.05) is 7.11 Å². The van der Waals surface area contributed by atoms with Gasteiger partial charge in [0, 0.05) is 0 Å². The molecule has 1 aromatic heterocycles. The van der Waals surface area contributed by atoms with Gasteiger partial charge in [0.15, 0.2) is 11.5 Å². The first-order valence-electron chi connectivity index (χ1n) is 5.93. The SMILES string of the molecule is COC(=O)c1nc(CNC(=O)OC(C)(C)C)ccc1F. The maximum absolute atomic E-state index is 13.4. The fourth-order valence-corrected chi connectivity index (χ4v) is 1.30. The number of hydrogen-bond donors (Lipinski definition) is 1. The van der Waals surface area contributed by atoms with E-state index in [1.165, 1.54) is 6.07 Å². The predicted octanol–water partition coefficient (Wildman–Crippen LogP) is 2.03. The van der Waals surface area contributed by atoms with Crippen LogP contribution in [0.3, 0.4) is 0 Å². The summed E-state index contributed by atoms with van der Waals surface area (Å²) in [6.45, 7) is 5.22. The molecule has 1 rings (SSSR count). The van der Waals surface area contributed by atoms with Gasteiger partial charge in [-0.2, -0.15) is 0 Å². The number of carbonyl (C=O) groups excluding carboxylic acids is 2. The summed E-state index contributed by atoms with van der Waals surface area (Å²) in [4.78, 5) is 26.5. The van der Waals surface area contributed by atoms with E-state index in [0.29, 0.717) is 5.69 Å². The molecule has 0 aromatic carbocycles. The molecule has 0 spiro atoms. The number of alkyl carbamates (subject to hydrolysis) is 1. The highest BCUT2D eigenvalue weighted by Gasteiger charge is 2.17. The molecule has 1 amide bonds. The second-order valence-electron chi connectivity index (χ2n) is 4.98. The molecule has 0 atom stereocenters. The van der Waals surface area contributed by atoms with Crippen molar-refractivity contribution in [2.45, 2.75) is 32.9 Å². The molecule has 20 heavy (non-hydrogen) atoms. The van der Waals surface area contributed by atoms with Crippen LogP contribution in [0.1, 0.15) is 37.0 Å². The average molecular weight is 284 g/mol. The number of methoxy groups -OCH3 is 1. The van der Waals surface area contributed by atoms with Crippen LogP contribution in [0.5, 0.6) is 0 Å². The van der Waals surface area contributed by atoms with E-state index in [-0.39, 0.29) is 6.54 Å². The summed E-state index contributed by atoms with van der Waals surface area (Å²) < 4.78 is 22.8. The number of nitrogens with zero attached hydrogens (tertiary/aromatic N) is 1. The lowest BCUT2D eigenvalue weighted by molar-refractivity contribution is 0.0522. The molecule has 0 aliphatic carbocycles. The summed E-state index contributed by atoms with van der Waals surface area (Å²) in [6.07, 6.45) is -0.622. The number of carbonyl (C=O) groups is 2. The van der Waals surface area contributed by atoms with Crippen molar-refractivity contribution < 1.29 is 23.5 Å². The number of nitrogens with one attached hydrogen (secondary N) is 1.